The van der Waals surface area contributed by atoms with Crippen LogP contribution in [0, 0.1) is 5.82 Å². The molecule has 3 rings (SSSR count). The fourth-order valence-corrected chi connectivity index (χ4v) is 2.44. The van der Waals surface area contributed by atoms with Crippen molar-refractivity contribution in [2.24, 2.45) is 0 Å². The van der Waals surface area contributed by atoms with Crippen LogP contribution in [0.3, 0.4) is 0 Å². The van der Waals surface area contributed by atoms with Crippen LogP contribution in [-0.2, 0) is 6.54 Å². The minimum absolute atomic E-state index is 0.0185. The summed E-state index contributed by atoms with van der Waals surface area (Å²) in [6.45, 7) is 0.262. The zero-order chi connectivity index (χ0) is 19.4. The highest BCUT2D eigenvalue weighted by atomic mass is 19.1. The highest BCUT2D eigenvalue weighted by molar-refractivity contribution is 6.06. The lowest BCUT2D eigenvalue weighted by atomic mass is 10.2. The van der Waals surface area contributed by atoms with E-state index in [1.807, 2.05) is 0 Å². The molecule has 1 aromatic heterocycles. The second-order valence-corrected chi connectivity index (χ2v) is 5.63. The van der Waals surface area contributed by atoms with Gasteiger partial charge in [-0.3, -0.25) is 4.79 Å². The molecule has 0 aliphatic carbocycles. The number of methoxy groups -OCH3 is 2. The first-order chi connectivity index (χ1) is 13.0. The number of hydrogen-bond donors (Lipinski definition) is 2. The van der Waals surface area contributed by atoms with Gasteiger partial charge in [0.1, 0.15) is 17.3 Å². The normalized spacial score (nSPS) is 10.5. The van der Waals surface area contributed by atoms with Gasteiger partial charge in [-0.2, -0.15) is 0 Å². The predicted octanol–water partition coefficient (Wildman–Crippen LogP) is 2.32. The molecule has 0 saturated carbocycles. The maximum absolute atomic E-state index is 13.0. The summed E-state index contributed by atoms with van der Waals surface area (Å²) in [6.07, 6.45) is 0. The number of carbonyl (C=O) groups excluding carboxylic acids is 1. The SMILES string of the molecule is COc1ccc(NC(=O)c2nnn(Cc3ccc(F)cc3)c2N)c(OC)c1. The Bertz CT molecular complexity index is 956. The van der Waals surface area contributed by atoms with E-state index in [0.29, 0.717) is 17.2 Å². The summed E-state index contributed by atoms with van der Waals surface area (Å²) in [5.74, 6) is 0.263. The molecule has 0 atom stereocenters. The Morgan fingerprint density at radius 2 is 1.93 bits per heavy atom. The molecule has 0 aliphatic rings. The number of anilines is 2. The van der Waals surface area contributed by atoms with Gasteiger partial charge in [0.15, 0.2) is 11.5 Å². The van der Waals surface area contributed by atoms with Crippen LogP contribution >= 0.6 is 0 Å². The number of ether oxygens (including phenoxy) is 2. The molecule has 27 heavy (non-hydrogen) atoms. The van der Waals surface area contributed by atoms with Crippen molar-refractivity contribution in [1.82, 2.24) is 15.0 Å². The van der Waals surface area contributed by atoms with Crippen LogP contribution in [0.4, 0.5) is 15.9 Å². The fourth-order valence-electron chi connectivity index (χ4n) is 2.44. The molecule has 3 aromatic rings. The molecule has 0 radical (unpaired) electrons. The zero-order valence-corrected chi connectivity index (χ0v) is 14.8. The Morgan fingerprint density at radius 1 is 1.19 bits per heavy atom. The molecule has 0 fully saturated rings. The number of aromatic nitrogens is 3. The van der Waals surface area contributed by atoms with Crippen molar-refractivity contribution < 1.29 is 18.7 Å². The van der Waals surface area contributed by atoms with Gasteiger partial charge in [0.2, 0.25) is 0 Å². The van der Waals surface area contributed by atoms with Crippen LogP contribution < -0.4 is 20.5 Å². The number of nitrogen functional groups attached to an aromatic ring is 1. The molecule has 0 bridgehead atoms. The van der Waals surface area contributed by atoms with Crippen LogP contribution in [0.2, 0.25) is 0 Å². The molecular formula is C18H18FN5O3. The second-order valence-electron chi connectivity index (χ2n) is 5.63. The molecule has 8 nitrogen and oxygen atoms in total. The predicted molar refractivity (Wildman–Crippen MR) is 97.4 cm³/mol. The van der Waals surface area contributed by atoms with E-state index in [1.54, 1.807) is 30.3 Å². The number of rotatable bonds is 6. The molecule has 0 aliphatic heterocycles. The summed E-state index contributed by atoms with van der Waals surface area (Å²) in [5, 5.41) is 10.4. The Hall–Kier alpha value is -3.62. The van der Waals surface area contributed by atoms with Gasteiger partial charge in [-0.15, -0.1) is 5.10 Å². The summed E-state index contributed by atoms with van der Waals surface area (Å²) in [4.78, 5) is 12.5. The van der Waals surface area contributed by atoms with E-state index in [4.69, 9.17) is 15.2 Å². The summed E-state index contributed by atoms with van der Waals surface area (Å²) < 4.78 is 24.7. The summed E-state index contributed by atoms with van der Waals surface area (Å²) in [7, 11) is 3.02. The van der Waals surface area contributed by atoms with E-state index in [0.717, 1.165) is 5.56 Å². The molecule has 2 aromatic carbocycles. The third-order valence-corrected chi connectivity index (χ3v) is 3.89. The van der Waals surface area contributed by atoms with E-state index < -0.39 is 5.91 Å². The number of nitrogens with two attached hydrogens (primary N) is 1. The maximum atomic E-state index is 13.0. The summed E-state index contributed by atoms with van der Waals surface area (Å²) in [5.41, 5.74) is 7.20. The minimum atomic E-state index is -0.527. The van der Waals surface area contributed by atoms with E-state index in [-0.39, 0.29) is 23.9 Å². The van der Waals surface area contributed by atoms with Gasteiger partial charge < -0.3 is 20.5 Å². The molecule has 140 valence electrons. The molecule has 1 heterocycles. The average Bonchev–Trinajstić information content (AvgIpc) is 3.04. The number of hydrogen-bond acceptors (Lipinski definition) is 6. The summed E-state index contributed by atoms with van der Waals surface area (Å²) >= 11 is 0. The lowest BCUT2D eigenvalue weighted by Gasteiger charge is -2.11. The molecule has 1 amide bonds. The highest BCUT2D eigenvalue weighted by Crippen LogP contribution is 2.29. The monoisotopic (exact) mass is 371 g/mol. The molecule has 0 spiro atoms. The maximum Gasteiger partial charge on any atom is 0.280 e. The number of nitrogens with one attached hydrogen (secondary N) is 1. The number of benzene rings is 2. The standard InChI is InChI=1S/C18H18FN5O3/c1-26-13-7-8-14(15(9-13)27-2)21-18(25)16-17(20)24(23-22-16)10-11-3-5-12(19)6-4-11/h3-9H,10,20H2,1-2H3,(H,21,25). The molecular weight excluding hydrogens is 353 g/mol. The lowest BCUT2D eigenvalue weighted by Crippen LogP contribution is -2.16. The number of carbonyl (C=O) groups is 1. The molecule has 9 heteroatoms. The topological polar surface area (TPSA) is 104 Å². The lowest BCUT2D eigenvalue weighted by molar-refractivity contribution is 0.102. The Balaban J connectivity index is 1.78. The van der Waals surface area contributed by atoms with Crippen LogP contribution in [-0.4, -0.2) is 35.1 Å². The van der Waals surface area contributed by atoms with Gasteiger partial charge in [-0.1, -0.05) is 17.3 Å². The van der Waals surface area contributed by atoms with Crippen molar-refractivity contribution in [3.05, 3.63) is 59.5 Å². The third-order valence-electron chi connectivity index (χ3n) is 3.89. The average molecular weight is 371 g/mol. The minimum Gasteiger partial charge on any atom is -0.497 e. The van der Waals surface area contributed by atoms with Crippen molar-refractivity contribution in [2.75, 3.05) is 25.3 Å². The van der Waals surface area contributed by atoms with E-state index >= 15 is 0 Å². The van der Waals surface area contributed by atoms with E-state index in [9.17, 15) is 9.18 Å². The van der Waals surface area contributed by atoms with Crippen molar-refractivity contribution in [3.63, 3.8) is 0 Å². The smallest absolute Gasteiger partial charge is 0.280 e. The van der Waals surface area contributed by atoms with Crippen LogP contribution in [0.15, 0.2) is 42.5 Å². The number of nitrogens with zero attached hydrogens (tertiary/aromatic N) is 3. The van der Waals surface area contributed by atoms with Crippen molar-refractivity contribution in [1.29, 1.82) is 0 Å². The first-order valence-electron chi connectivity index (χ1n) is 7.98. The van der Waals surface area contributed by atoms with Gasteiger partial charge in [0.05, 0.1) is 26.5 Å². The van der Waals surface area contributed by atoms with Crippen LogP contribution in [0.5, 0.6) is 11.5 Å². The van der Waals surface area contributed by atoms with Gasteiger partial charge in [0, 0.05) is 6.07 Å². The molecule has 0 unspecified atom stereocenters. The van der Waals surface area contributed by atoms with Gasteiger partial charge in [-0.25, -0.2) is 9.07 Å². The fraction of sp³-hybridized carbons (Fsp3) is 0.167. The highest BCUT2D eigenvalue weighted by Gasteiger charge is 2.19. The van der Waals surface area contributed by atoms with Crippen LogP contribution in [0.1, 0.15) is 16.1 Å². The second kappa shape index (κ2) is 7.73. The molecule has 3 N–H and O–H groups in total. The van der Waals surface area contributed by atoms with Gasteiger partial charge >= 0.3 is 0 Å². The van der Waals surface area contributed by atoms with Gasteiger partial charge in [-0.05, 0) is 29.8 Å². The quantitative estimate of drug-likeness (QED) is 0.689. The van der Waals surface area contributed by atoms with Crippen LogP contribution in [0.25, 0.3) is 0 Å². The number of halogens is 1. The van der Waals surface area contributed by atoms with Gasteiger partial charge in [0.25, 0.3) is 5.91 Å². The van der Waals surface area contributed by atoms with Crippen molar-refractivity contribution in [2.45, 2.75) is 6.54 Å². The Kier molecular flexibility index (Phi) is 5.20. The largest absolute Gasteiger partial charge is 0.497 e. The van der Waals surface area contributed by atoms with E-state index in [2.05, 4.69) is 15.6 Å². The van der Waals surface area contributed by atoms with Crippen molar-refractivity contribution in [3.8, 4) is 11.5 Å². The first kappa shape index (κ1) is 18.2. The summed E-state index contributed by atoms with van der Waals surface area (Å²) in [6, 6.07) is 10.9. The van der Waals surface area contributed by atoms with Crippen molar-refractivity contribution >= 4 is 17.4 Å². The third kappa shape index (κ3) is 3.97. The van der Waals surface area contributed by atoms with E-state index in [1.165, 1.54) is 31.0 Å². The number of amides is 1. The zero-order valence-electron chi connectivity index (χ0n) is 14.8. The Morgan fingerprint density at radius 3 is 2.59 bits per heavy atom. The molecule has 0 saturated heterocycles. The Labute approximate surface area is 154 Å². The first-order valence-corrected chi connectivity index (χ1v) is 7.98.